The monoisotopic (exact) mass is 278 g/mol. The average molecular weight is 278 g/mol. The predicted molar refractivity (Wildman–Crippen MR) is 82.5 cm³/mol. The van der Waals surface area contributed by atoms with Crippen molar-refractivity contribution in [1.29, 1.82) is 0 Å². The summed E-state index contributed by atoms with van der Waals surface area (Å²) >= 11 is 5.49. The van der Waals surface area contributed by atoms with Crippen LogP contribution in [-0.2, 0) is 5.54 Å². The largest absolute Gasteiger partial charge is 0.489 e. The molecule has 4 heteroatoms. The van der Waals surface area contributed by atoms with E-state index in [4.69, 9.17) is 17.0 Å². The highest BCUT2D eigenvalue weighted by atomic mass is 32.1. The number of aromatic nitrogens is 2. The Morgan fingerprint density at radius 1 is 1.37 bits per heavy atom. The number of hydrogen-bond donors (Lipinski definition) is 1. The van der Waals surface area contributed by atoms with Crippen LogP contribution in [0.2, 0.25) is 0 Å². The number of nitrogens with zero attached hydrogens (tertiary/aromatic N) is 1. The molecule has 0 aliphatic heterocycles. The lowest BCUT2D eigenvalue weighted by atomic mass is 10.0. The van der Waals surface area contributed by atoms with E-state index in [1.54, 1.807) is 0 Å². The first kappa shape index (κ1) is 14.1. The lowest BCUT2D eigenvalue weighted by Gasteiger charge is -2.25. The van der Waals surface area contributed by atoms with E-state index in [-0.39, 0.29) is 11.6 Å². The van der Waals surface area contributed by atoms with Gasteiger partial charge in [-0.15, -0.1) is 0 Å². The zero-order valence-electron chi connectivity index (χ0n) is 12.3. The topological polar surface area (TPSA) is 29.9 Å². The Morgan fingerprint density at radius 3 is 2.63 bits per heavy atom. The van der Waals surface area contributed by atoms with Gasteiger partial charge in [-0.25, -0.2) is 0 Å². The number of ether oxygens (including phenoxy) is 1. The molecule has 0 spiro atoms. The molecule has 1 aromatic heterocycles. The van der Waals surface area contributed by atoms with Crippen molar-refractivity contribution in [1.82, 2.24) is 9.55 Å². The first-order valence-electron chi connectivity index (χ1n) is 6.77. The Hall–Kier alpha value is -1.29. The molecule has 3 nitrogen and oxygen atoms in total. The maximum Gasteiger partial charge on any atom is 0.178 e. The maximum absolute atomic E-state index is 5.85. The summed E-state index contributed by atoms with van der Waals surface area (Å²) < 4.78 is 8.79. The number of benzene rings is 1. The molecule has 1 heterocycles. The van der Waals surface area contributed by atoms with Crippen LogP contribution in [0.25, 0.3) is 11.0 Å². The zero-order valence-corrected chi connectivity index (χ0v) is 13.1. The second-order valence-corrected chi connectivity index (χ2v) is 6.14. The molecule has 0 saturated heterocycles. The van der Waals surface area contributed by atoms with Crippen molar-refractivity contribution >= 4 is 23.3 Å². The first-order valence-corrected chi connectivity index (χ1v) is 7.18. The third-order valence-corrected chi connectivity index (χ3v) is 3.80. The van der Waals surface area contributed by atoms with Crippen LogP contribution in [0.3, 0.4) is 0 Å². The minimum absolute atomic E-state index is 0.00815. The van der Waals surface area contributed by atoms with Gasteiger partial charge in [0.15, 0.2) is 4.77 Å². The minimum Gasteiger partial charge on any atom is -0.489 e. The van der Waals surface area contributed by atoms with Crippen LogP contribution in [0.15, 0.2) is 18.2 Å². The molecular weight excluding hydrogens is 256 g/mol. The van der Waals surface area contributed by atoms with Crippen molar-refractivity contribution in [2.24, 2.45) is 0 Å². The Bertz CT molecular complexity index is 637. The van der Waals surface area contributed by atoms with E-state index in [2.05, 4.69) is 36.4 Å². The van der Waals surface area contributed by atoms with Gasteiger partial charge in [0.05, 0.1) is 11.6 Å². The van der Waals surface area contributed by atoms with Crippen LogP contribution in [0.1, 0.15) is 41.0 Å². The number of hydrogen-bond acceptors (Lipinski definition) is 2. The molecular formula is C15H22N2OS. The molecule has 0 bridgehead atoms. The molecule has 0 fully saturated rings. The normalized spacial score (nSPS) is 12.3. The quantitative estimate of drug-likeness (QED) is 0.826. The second-order valence-electron chi connectivity index (χ2n) is 5.75. The molecule has 1 aromatic carbocycles. The molecule has 2 aromatic rings. The number of H-pyrrole nitrogens is 1. The molecule has 0 unspecified atom stereocenters. The zero-order chi connectivity index (χ0) is 14.2. The summed E-state index contributed by atoms with van der Waals surface area (Å²) in [4.78, 5) is 3.29. The maximum atomic E-state index is 5.85. The van der Waals surface area contributed by atoms with E-state index in [1.165, 1.54) is 0 Å². The van der Waals surface area contributed by atoms with Gasteiger partial charge < -0.3 is 14.3 Å². The fourth-order valence-electron chi connectivity index (χ4n) is 2.21. The van der Waals surface area contributed by atoms with Crippen LogP contribution in [0.5, 0.6) is 5.75 Å². The van der Waals surface area contributed by atoms with Gasteiger partial charge in [0.25, 0.3) is 0 Å². The van der Waals surface area contributed by atoms with Gasteiger partial charge in [0.1, 0.15) is 11.3 Å². The summed E-state index contributed by atoms with van der Waals surface area (Å²) in [5, 5.41) is 0. The summed E-state index contributed by atoms with van der Waals surface area (Å²) in [5.41, 5.74) is 2.09. The molecule has 0 aliphatic rings. The molecule has 19 heavy (non-hydrogen) atoms. The first-order chi connectivity index (χ1) is 8.86. The van der Waals surface area contributed by atoms with Crippen LogP contribution in [0, 0.1) is 4.77 Å². The molecule has 2 rings (SSSR count). The Balaban J connectivity index is 2.69. The van der Waals surface area contributed by atoms with Crippen molar-refractivity contribution < 1.29 is 4.74 Å². The smallest absolute Gasteiger partial charge is 0.178 e. The standard InChI is InChI=1S/C15H22N2OS/c1-6-15(4,5)17-11-8-7-9-12(18-10(2)3)13(11)16-14(17)19/h7-10H,6H2,1-5H3,(H,16,19). The van der Waals surface area contributed by atoms with E-state index < -0.39 is 0 Å². The third kappa shape index (κ3) is 2.54. The number of rotatable bonds is 4. The summed E-state index contributed by atoms with van der Waals surface area (Å²) in [5.74, 6) is 0.865. The van der Waals surface area contributed by atoms with Gasteiger partial charge in [0, 0.05) is 5.54 Å². The number of nitrogens with one attached hydrogen (secondary N) is 1. The highest BCUT2D eigenvalue weighted by Crippen LogP contribution is 2.31. The summed E-state index contributed by atoms with van der Waals surface area (Å²) in [6, 6.07) is 6.09. The Labute approximate surface area is 119 Å². The summed E-state index contributed by atoms with van der Waals surface area (Å²) in [7, 11) is 0. The van der Waals surface area contributed by atoms with Crippen LogP contribution < -0.4 is 4.74 Å². The lowest BCUT2D eigenvalue weighted by molar-refractivity contribution is 0.245. The predicted octanol–water partition coefficient (Wildman–Crippen LogP) is 4.63. The fourth-order valence-corrected chi connectivity index (χ4v) is 2.66. The van der Waals surface area contributed by atoms with Crippen molar-refractivity contribution in [3.8, 4) is 5.75 Å². The Kier molecular flexibility index (Phi) is 3.72. The van der Waals surface area contributed by atoms with Crippen LogP contribution in [0.4, 0.5) is 0 Å². The third-order valence-electron chi connectivity index (χ3n) is 3.51. The van der Waals surface area contributed by atoms with Crippen molar-refractivity contribution in [2.75, 3.05) is 0 Å². The fraction of sp³-hybridized carbons (Fsp3) is 0.533. The molecule has 0 amide bonds. The van der Waals surface area contributed by atoms with Gasteiger partial charge in [-0.1, -0.05) is 13.0 Å². The average Bonchev–Trinajstić information content (AvgIpc) is 2.66. The highest BCUT2D eigenvalue weighted by Gasteiger charge is 2.22. The van der Waals surface area contributed by atoms with Gasteiger partial charge in [-0.3, -0.25) is 0 Å². The lowest BCUT2D eigenvalue weighted by Crippen LogP contribution is -2.25. The van der Waals surface area contributed by atoms with Crippen LogP contribution >= 0.6 is 12.2 Å². The molecule has 0 atom stereocenters. The highest BCUT2D eigenvalue weighted by molar-refractivity contribution is 7.71. The van der Waals surface area contributed by atoms with E-state index in [9.17, 15) is 0 Å². The Morgan fingerprint density at radius 2 is 2.05 bits per heavy atom. The van der Waals surface area contributed by atoms with E-state index in [1.807, 2.05) is 26.0 Å². The van der Waals surface area contributed by atoms with Crippen LogP contribution in [-0.4, -0.2) is 15.7 Å². The molecule has 104 valence electrons. The van der Waals surface area contributed by atoms with E-state index in [0.29, 0.717) is 0 Å². The van der Waals surface area contributed by atoms with Gasteiger partial charge >= 0.3 is 0 Å². The van der Waals surface area contributed by atoms with Crippen molar-refractivity contribution in [3.05, 3.63) is 23.0 Å². The number of para-hydroxylation sites is 1. The van der Waals surface area contributed by atoms with E-state index >= 15 is 0 Å². The minimum atomic E-state index is -0.00815. The molecule has 1 N–H and O–H groups in total. The van der Waals surface area contributed by atoms with Crippen molar-refractivity contribution in [2.45, 2.75) is 52.7 Å². The molecule has 0 aliphatic carbocycles. The van der Waals surface area contributed by atoms with Gasteiger partial charge in [0.2, 0.25) is 0 Å². The van der Waals surface area contributed by atoms with Crippen molar-refractivity contribution in [3.63, 3.8) is 0 Å². The van der Waals surface area contributed by atoms with Gasteiger partial charge in [-0.2, -0.15) is 0 Å². The van der Waals surface area contributed by atoms with Gasteiger partial charge in [-0.05, 0) is 58.5 Å². The summed E-state index contributed by atoms with van der Waals surface area (Å²) in [6.45, 7) is 10.6. The molecule has 0 radical (unpaired) electrons. The summed E-state index contributed by atoms with van der Waals surface area (Å²) in [6.07, 6.45) is 1.17. The van der Waals surface area contributed by atoms with E-state index in [0.717, 1.165) is 28.0 Å². The number of fused-ring (bicyclic) bond motifs is 1. The second kappa shape index (κ2) is 5.00. The SMILES string of the molecule is CCC(C)(C)n1c(=S)[nH]c2c(OC(C)C)cccc21. The molecule has 0 saturated carbocycles. The number of imidazole rings is 1. The number of aromatic amines is 1.